The Bertz CT molecular complexity index is 388. The summed E-state index contributed by atoms with van der Waals surface area (Å²) < 4.78 is 1.64. The summed E-state index contributed by atoms with van der Waals surface area (Å²) in [6, 6.07) is 0. The predicted octanol–water partition coefficient (Wildman–Crippen LogP) is 0.396. The number of amides is 1. The van der Waals surface area contributed by atoms with Crippen LogP contribution in [0.3, 0.4) is 0 Å². The van der Waals surface area contributed by atoms with Gasteiger partial charge in [0.2, 0.25) is 0 Å². The van der Waals surface area contributed by atoms with Crippen LogP contribution in [0.25, 0.3) is 0 Å². The van der Waals surface area contributed by atoms with E-state index in [9.17, 15) is 4.79 Å². The Morgan fingerprint density at radius 1 is 1.71 bits per heavy atom. The standard InChI is InChI=1S/C12H20N4O/c1-9-3-4-13-5-10(9)6-14-12(17)11-7-15-16(2)8-11/h7-10,13H,3-6H2,1-2H3,(H,14,17). The Morgan fingerprint density at radius 3 is 3.18 bits per heavy atom. The van der Waals surface area contributed by atoms with Gasteiger partial charge in [0.1, 0.15) is 0 Å². The average Bonchev–Trinajstić information content (AvgIpc) is 2.74. The minimum atomic E-state index is -0.0316. The van der Waals surface area contributed by atoms with E-state index in [2.05, 4.69) is 22.7 Å². The zero-order chi connectivity index (χ0) is 12.3. The first kappa shape index (κ1) is 12.1. The van der Waals surface area contributed by atoms with Crippen molar-refractivity contribution in [1.82, 2.24) is 20.4 Å². The van der Waals surface area contributed by atoms with E-state index in [-0.39, 0.29) is 5.91 Å². The van der Waals surface area contributed by atoms with Crippen LogP contribution in [0.1, 0.15) is 23.7 Å². The van der Waals surface area contributed by atoms with Crippen LogP contribution in [0.2, 0.25) is 0 Å². The Kier molecular flexibility index (Phi) is 3.78. The fraction of sp³-hybridized carbons (Fsp3) is 0.667. The molecule has 1 aliphatic heterocycles. The van der Waals surface area contributed by atoms with Crippen LogP contribution in [0.4, 0.5) is 0 Å². The Morgan fingerprint density at radius 2 is 2.53 bits per heavy atom. The largest absolute Gasteiger partial charge is 0.352 e. The SMILES string of the molecule is CC1CCNCC1CNC(=O)c1cnn(C)c1. The second-order valence-corrected chi connectivity index (χ2v) is 4.84. The first-order chi connectivity index (χ1) is 8.16. The van der Waals surface area contributed by atoms with Crippen LogP contribution >= 0.6 is 0 Å². The number of aryl methyl sites for hydroxylation is 1. The third kappa shape index (κ3) is 3.06. The molecule has 0 aliphatic carbocycles. The molecule has 2 rings (SSSR count). The first-order valence-electron chi connectivity index (χ1n) is 6.14. The van der Waals surface area contributed by atoms with Gasteiger partial charge in [-0.25, -0.2) is 0 Å². The van der Waals surface area contributed by atoms with Crippen molar-refractivity contribution in [2.45, 2.75) is 13.3 Å². The molecular weight excluding hydrogens is 216 g/mol. The van der Waals surface area contributed by atoms with Crippen molar-refractivity contribution in [3.63, 3.8) is 0 Å². The number of nitrogens with zero attached hydrogens (tertiary/aromatic N) is 2. The average molecular weight is 236 g/mol. The van der Waals surface area contributed by atoms with Crippen molar-refractivity contribution in [3.05, 3.63) is 18.0 Å². The van der Waals surface area contributed by atoms with E-state index < -0.39 is 0 Å². The number of aromatic nitrogens is 2. The molecule has 2 unspecified atom stereocenters. The zero-order valence-electron chi connectivity index (χ0n) is 10.4. The molecule has 0 bridgehead atoms. The fourth-order valence-electron chi connectivity index (χ4n) is 2.19. The van der Waals surface area contributed by atoms with Gasteiger partial charge in [0.05, 0.1) is 11.8 Å². The van der Waals surface area contributed by atoms with Gasteiger partial charge in [-0.3, -0.25) is 9.48 Å². The van der Waals surface area contributed by atoms with E-state index in [4.69, 9.17) is 0 Å². The molecule has 1 amide bonds. The smallest absolute Gasteiger partial charge is 0.254 e. The van der Waals surface area contributed by atoms with E-state index in [0.29, 0.717) is 17.4 Å². The van der Waals surface area contributed by atoms with Gasteiger partial charge in [0.15, 0.2) is 0 Å². The summed E-state index contributed by atoms with van der Waals surface area (Å²) in [5, 5.41) is 10.3. The van der Waals surface area contributed by atoms with Crippen LogP contribution < -0.4 is 10.6 Å². The molecule has 1 fully saturated rings. The number of hydrogen-bond donors (Lipinski definition) is 2. The van der Waals surface area contributed by atoms with Crippen molar-refractivity contribution < 1.29 is 4.79 Å². The lowest BCUT2D eigenvalue weighted by atomic mass is 9.88. The summed E-state index contributed by atoms with van der Waals surface area (Å²) in [5.41, 5.74) is 0.629. The summed E-state index contributed by atoms with van der Waals surface area (Å²) >= 11 is 0. The molecule has 2 atom stereocenters. The van der Waals surface area contributed by atoms with Gasteiger partial charge >= 0.3 is 0 Å². The van der Waals surface area contributed by atoms with Gasteiger partial charge in [0.25, 0.3) is 5.91 Å². The number of piperidine rings is 1. The second-order valence-electron chi connectivity index (χ2n) is 4.84. The van der Waals surface area contributed by atoms with Crippen LogP contribution in [0.5, 0.6) is 0 Å². The molecule has 2 heterocycles. The highest BCUT2D eigenvalue weighted by Crippen LogP contribution is 2.17. The lowest BCUT2D eigenvalue weighted by Crippen LogP contribution is -2.42. The van der Waals surface area contributed by atoms with E-state index >= 15 is 0 Å². The fourth-order valence-corrected chi connectivity index (χ4v) is 2.19. The molecule has 1 saturated heterocycles. The quantitative estimate of drug-likeness (QED) is 0.798. The van der Waals surface area contributed by atoms with Crippen LogP contribution in [-0.4, -0.2) is 35.3 Å². The Labute approximate surface area is 102 Å². The summed E-state index contributed by atoms with van der Waals surface area (Å²) in [6.45, 7) is 5.08. The summed E-state index contributed by atoms with van der Waals surface area (Å²) in [7, 11) is 1.81. The lowest BCUT2D eigenvalue weighted by molar-refractivity contribution is 0.0939. The van der Waals surface area contributed by atoms with E-state index in [1.807, 2.05) is 7.05 Å². The summed E-state index contributed by atoms with van der Waals surface area (Å²) in [6.07, 6.45) is 4.52. The lowest BCUT2D eigenvalue weighted by Gasteiger charge is -2.29. The number of hydrogen-bond acceptors (Lipinski definition) is 3. The molecule has 5 heteroatoms. The van der Waals surface area contributed by atoms with Crippen LogP contribution in [0.15, 0.2) is 12.4 Å². The highest BCUT2D eigenvalue weighted by Gasteiger charge is 2.21. The number of rotatable bonds is 3. The summed E-state index contributed by atoms with van der Waals surface area (Å²) in [4.78, 5) is 11.8. The van der Waals surface area contributed by atoms with Crippen molar-refractivity contribution >= 4 is 5.91 Å². The molecule has 0 spiro atoms. The topological polar surface area (TPSA) is 58.9 Å². The van der Waals surface area contributed by atoms with E-state index in [0.717, 1.165) is 19.6 Å². The Hall–Kier alpha value is -1.36. The van der Waals surface area contributed by atoms with Crippen LogP contribution in [0, 0.1) is 11.8 Å². The molecule has 94 valence electrons. The second kappa shape index (κ2) is 5.31. The summed E-state index contributed by atoms with van der Waals surface area (Å²) in [5.74, 6) is 1.17. The van der Waals surface area contributed by atoms with Gasteiger partial charge < -0.3 is 10.6 Å². The minimum absolute atomic E-state index is 0.0316. The third-order valence-electron chi connectivity index (χ3n) is 3.48. The first-order valence-corrected chi connectivity index (χ1v) is 6.14. The monoisotopic (exact) mass is 236 g/mol. The van der Waals surface area contributed by atoms with Crippen molar-refractivity contribution in [1.29, 1.82) is 0 Å². The normalized spacial score (nSPS) is 24.6. The number of carbonyl (C=O) groups excluding carboxylic acids is 1. The van der Waals surface area contributed by atoms with Gasteiger partial charge in [-0.15, -0.1) is 0 Å². The highest BCUT2D eigenvalue weighted by atomic mass is 16.1. The highest BCUT2D eigenvalue weighted by molar-refractivity contribution is 5.93. The maximum absolute atomic E-state index is 11.8. The predicted molar refractivity (Wildman–Crippen MR) is 65.7 cm³/mol. The molecule has 0 radical (unpaired) electrons. The van der Waals surface area contributed by atoms with Crippen molar-refractivity contribution in [2.75, 3.05) is 19.6 Å². The zero-order valence-corrected chi connectivity index (χ0v) is 10.4. The number of nitrogens with one attached hydrogen (secondary N) is 2. The van der Waals surface area contributed by atoms with Crippen molar-refractivity contribution in [2.24, 2.45) is 18.9 Å². The molecule has 1 aromatic rings. The molecule has 1 aliphatic rings. The van der Waals surface area contributed by atoms with E-state index in [1.165, 1.54) is 6.42 Å². The third-order valence-corrected chi connectivity index (χ3v) is 3.48. The molecule has 2 N–H and O–H groups in total. The maximum atomic E-state index is 11.8. The van der Waals surface area contributed by atoms with Crippen LogP contribution in [-0.2, 0) is 7.05 Å². The van der Waals surface area contributed by atoms with Gasteiger partial charge in [0, 0.05) is 19.8 Å². The van der Waals surface area contributed by atoms with Gasteiger partial charge in [-0.2, -0.15) is 5.10 Å². The maximum Gasteiger partial charge on any atom is 0.254 e. The molecule has 5 nitrogen and oxygen atoms in total. The van der Waals surface area contributed by atoms with Crippen molar-refractivity contribution in [3.8, 4) is 0 Å². The molecule has 0 saturated carbocycles. The Balaban J connectivity index is 1.83. The molecule has 1 aromatic heterocycles. The van der Waals surface area contributed by atoms with Gasteiger partial charge in [-0.05, 0) is 31.3 Å². The van der Waals surface area contributed by atoms with E-state index in [1.54, 1.807) is 17.1 Å². The molecule has 17 heavy (non-hydrogen) atoms. The molecular formula is C12H20N4O. The van der Waals surface area contributed by atoms with Gasteiger partial charge in [-0.1, -0.05) is 6.92 Å². The molecule has 0 aromatic carbocycles. The number of carbonyl (C=O) groups is 1. The minimum Gasteiger partial charge on any atom is -0.352 e.